The maximum Gasteiger partial charge on any atom is 0.0579 e. The summed E-state index contributed by atoms with van der Waals surface area (Å²) in [5, 5.41) is 3.66. The van der Waals surface area contributed by atoms with Crippen LogP contribution in [0.25, 0.3) is 0 Å². The summed E-state index contributed by atoms with van der Waals surface area (Å²) in [6.07, 6.45) is 0.994. The smallest absolute Gasteiger partial charge is 0.0579 e. The summed E-state index contributed by atoms with van der Waals surface area (Å²) in [5.74, 6) is 0.536. The maximum absolute atomic E-state index is 4.73. The van der Waals surface area contributed by atoms with Crippen molar-refractivity contribution in [1.82, 2.24) is 10.3 Å². The Labute approximate surface area is 106 Å². The van der Waals surface area contributed by atoms with E-state index in [2.05, 4.69) is 65.1 Å². The SMILES string of the molecule is CCc1cccc([C@H](NC(C)(C)C)C(C)C)n1. The highest BCUT2D eigenvalue weighted by Gasteiger charge is 2.22. The minimum atomic E-state index is 0.110. The van der Waals surface area contributed by atoms with E-state index in [1.54, 1.807) is 0 Å². The van der Waals surface area contributed by atoms with Gasteiger partial charge in [-0.3, -0.25) is 4.98 Å². The average molecular weight is 234 g/mol. The third-order valence-electron chi connectivity index (χ3n) is 2.76. The molecule has 0 radical (unpaired) electrons. The van der Waals surface area contributed by atoms with Gasteiger partial charge in [-0.15, -0.1) is 0 Å². The van der Waals surface area contributed by atoms with Gasteiger partial charge >= 0.3 is 0 Å². The number of rotatable bonds is 4. The fourth-order valence-corrected chi connectivity index (χ4v) is 1.92. The first-order valence-electron chi connectivity index (χ1n) is 6.57. The van der Waals surface area contributed by atoms with Crippen LogP contribution in [0.4, 0.5) is 0 Å². The second-order valence-electron chi connectivity index (χ2n) is 6.02. The first kappa shape index (κ1) is 14.2. The molecule has 2 nitrogen and oxygen atoms in total. The zero-order valence-electron chi connectivity index (χ0n) is 12.0. The van der Waals surface area contributed by atoms with Gasteiger partial charge in [0.25, 0.3) is 0 Å². The zero-order valence-corrected chi connectivity index (χ0v) is 12.0. The Morgan fingerprint density at radius 2 is 1.88 bits per heavy atom. The van der Waals surface area contributed by atoms with Crippen LogP contribution in [0.15, 0.2) is 18.2 Å². The van der Waals surface area contributed by atoms with Crippen molar-refractivity contribution < 1.29 is 0 Å². The Balaban J connectivity index is 2.97. The van der Waals surface area contributed by atoms with Crippen LogP contribution < -0.4 is 5.32 Å². The summed E-state index contributed by atoms with van der Waals surface area (Å²) in [6, 6.07) is 6.66. The van der Waals surface area contributed by atoms with Crippen molar-refractivity contribution in [3.63, 3.8) is 0 Å². The lowest BCUT2D eigenvalue weighted by Crippen LogP contribution is -2.41. The van der Waals surface area contributed by atoms with E-state index in [9.17, 15) is 0 Å². The van der Waals surface area contributed by atoms with E-state index in [1.165, 1.54) is 5.69 Å². The minimum absolute atomic E-state index is 0.110. The van der Waals surface area contributed by atoms with E-state index in [0.29, 0.717) is 12.0 Å². The van der Waals surface area contributed by atoms with Crippen LogP contribution in [-0.2, 0) is 6.42 Å². The van der Waals surface area contributed by atoms with Crippen LogP contribution in [0.3, 0.4) is 0 Å². The van der Waals surface area contributed by atoms with Crippen molar-refractivity contribution in [2.24, 2.45) is 5.92 Å². The highest BCUT2D eigenvalue weighted by Crippen LogP contribution is 2.23. The number of nitrogens with one attached hydrogen (secondary N) is 1. The molecule has 0 aromatic carbocycles. The Kier molecular flexibility index (Phi) is 4.70. The van der Waals surface area contributed by atoms with Crippen molar-refractivity contribution in [2.45, 2.75) is 59.5 Å². The molecule has 0 aliphatic rings. The van der Waals surface area contributed by atoms with Crippen LogP contribution in [0, 0.1) is 5.92 Å². The van der Waals surface area contributed by atoms with Crippen LogP contribution in [0.2, 0.25) is 0 Å². The van der Waals surface area contributed by atoms with Gasteiger partial charge in [-0.2, -0.15) is 0 Å². The largest absolute Gasteiger partial charge is 0.304 e. The molecule has 0 unspecified atom stereocenters. The number of nitrogens with zero attached hydrogens (tertiary/aromatic N) is 1. The third-order valence-corrected chi connectivity index (χ3v) is 2.76. The molecule has 0 aliphatic carbocycles. The number of aryl methyl sites for hydroxylation is 1. The molecule has 2 heteroatoms. The molecule has 1 N–H and O–H groups in total. The molecule has 0 saturated heterocycles. The molecule has 0 aliphatic heterocycles. The van der Waals surface area contributed by atoms with Gasteiger partial charge in [0.1, 0.15) is 0 Å². The molecular weight excluding hydrogens is 208 g/mol. The van der Waals surface area contributed by atoms with E-state index in [-0.39, 0.29) is 5.54 Å². The number of hydrogen-bond donors (Lipinski definition) is 1. The van der Waals surface area contributed by atoms with E-state index in [4.69, 9.17) is 4.98 Å². The zero-order chi connectivity index (χ0) is 13.1. The van der Waals surface area contributed by atoms with Crippen LogP contribution in [0.1, 0.15) is 59.0 Å². The van der Waals surface area contributed by atoms with E-state index < -0.39 is 0 Å². The first-order chi connectivity index (χ1) is 7.83. The number of hydrogen-bond acceptors (Lipinski definition) is 2. The van der Waals surface area contributed by atoms with E-state index in [1.807, 2.05) is 0 Å². The highest BCUT2D eigenvalue weighted by atomic mass is 15.0. The molecule has 1 heterocycles. The molecule has 1 atom stereocenters. The maximum atomic E-state index is 4.73. The lowest BCUT2D eigenvalue weighted by Gasteiger charge is -2.31. The van der Waals surface area contributed by atoms with Gasteiger partial charge < -0.3 is 5.32 Å². The van der Waals surface area contributed by atoms with Gasteiger partial charge in [0.2, 0.25) is 0 Å². The van der Waals surface area contributed by atoms with Gasteiger partial charge in [0.15, 0.2) is 0 Å². The number of aromatic nitrogens is 1. The topological polar surface area (TPSA) is 24.9 Å². The fraction of sp³-hybridized carbons (Fsp3) is 0.667. The summed E-state index contributed by atoms with van der Waals surface area (Å²) in [4.78, 5) is 4.73. The Hall–Kier alpha value is -0.890. The minimum Gasteiger partial charge on any atom is -0.304 e. The van der Waals surface area contributed by atoms with Crippen molar-refractivity contribution in [2.75, 3.05) is 0 Å². The Morgan fingerprint density at radius 3 is 2.35 bits per heavy atom. The monoisotopic (exact) mass is 234 g/mol. The first-order valence-corrected chi connectivity index (χ1v) is 6.57. The van der Waals surface area contributed by atoms with Crippen LogP contribution >= 0.6 is 0 Å². The standard InChI is InChI=1S/C15H26N2/c1-7-12-9-8-10-13(16-12)14(11(2)3)17-15(4,5)6/h8-11,14,17H,7H2,1-6H3/t14-/m1/s1. The summed E-state index contributed by atoms with van der Waals surface area (Å²) in [6.45, 7) is 13.2. The molecule has 0 bridgehead atoms. The number of pyridine rings is 1. The van der Waals surface area contributed by atoms with Gasteiger partial charge in [-0.25, -0.2) is 0 Å². The molecule has 0 amide bonds. The summed E-state index contributed by atoms with van der Waals surface area (Å²) in [7, 11) is 0. The predicted octanol–water partition coefficient (Wildman–Crippen LogP) is 3.73. The molecular formula is C15H26N2. The lowest BCUT2D eigenvalue weighted by atomic mass is 9.96. The third kappa shape index (κ3) is 4.47. The molecule has 0 saturated carbocycles. The average Bonchev–Trinajstić information content (AvgIpc) is 2.24. The van der Waals surface area contributed by atoms with E-state index in [0.717, 1.165) is 12.1 Å². The van der Waals surface area contributed by atoms with Crippen molar-refractivity contribution >= 4 is 0 Å². The predicted molar refractivity (Wildman–Crippen MR) is 74.1 cm³/mol. The van der Waals surface area contributed by atoms with Gasteiger partial charge in [-0.05, 0) is 45.2 Å². The molecule has 1 rings (SSSR count). The molecule has 1 aromatic rings. The van der Waals surface area contributed by atoms with Crippen LogP contribution in [-0.4, -0.2) is 10.5 Å². The van der Waals surface area contributed by atoms with Crippen molar-refractivity contribution in [1.29, 1.82) is 0 Å². The second kappa shape index (κ2) is 5.63. The highest BCUT2D eigenvalue weighted by molar-refractivity contribution is 5.15. The molecule has 0 spiro atoms. The Bertz CT molecular complexity index is 350. The van der Waals surface area contributed by atoms with Crippen LogP contribution in [0.5, 0.6) is 0 Å². The normalized spacial score (nSPS) is 14.1. The lowest BCUT2D eigenvalue weighted by molar-refractivity contribution is 0.303. The molecule has 17 heavy (non-hydrogen) atoms. The fourth-order valence-electron chi connectivity index (χ4n) is 1.92. The summed E-state index contributed by atoms with van der Waals surface area (Å²) < 4.78 is 0. The van der Waals surface area contributed by atoms with E-state index >= 15 is 0 Å². The van der Waals surface area contributed by atoms with Gasteiger partial charge in [0.05, 0.1) is 11.7 Å². The van der Waals surface area contributed by atoms with Gasteiger partial charge in [0, 0.05) is 11.2 Å². The second-order valence-corrected chi connectivity index (χ2v) is 6.02. The van der Waals surface area contributed by atoms with Gasteiger partial charge in [-0.1, -0.05) is 26.8 Å². The molecule has 96 valence electrons. The Morgan fingerprint density at radius 1 is 1.24 bits per heavy atom. The summed E-state index contributed by atoms with van der Waals surface area (Å²) >= 11 is 0. The summed E-state index contributed by atoms with van der Waals surface area (Å²) in [5.41, 5.74) is 2.44. The molecule has 1 aromatic heterocycles. The molecule has 0 fully saturated rings. The quantitative estimate of drug-likeness (QED) is 0.858. The van der Waals surface area contributed by atoms with Crippen molar-refractivity contribution in [3.8, 4) is 0 Å². The van der Waals surface area contributed by atoms with Crippen molar-refractivity contribution in [3.05, 3.63) is 29.6 Å².